The maximum Gasteiger partial charge on any atom is 0.326 e. The topological polar surface area (TPSA) is 90.0 Å². The molecule has 2 N–H and O–H groups in total. The number of nitrogens with zero attached hydrogens (tertiary/aromatic N) is 2. The first kappa shape index (κ1) is 29.6. The van der Waals surface area contributed by atoms with E-state index in [2.05, 4.69) is 43.4 Å². The molecule has 0 saturated heterocycles. The molecule has 0 aliphatic rings. The number of aliphatic carboxylic acids is 1. The van der Waals surface area contributed by atoms with E-state index in [0.29, 0.717) is 31.8 Å². The standard InChI is InChI=1S/C28H41N3O4S/c1-5-15-31(20-32)26(21(3)6-2)18-30(19-27(33)29-25(28(34)35)14-16-36-4)17-23-12-9-11-22-10-7-8-13-24(22)23/h7-13,20-21,25-26H,5-6,14-19H2,1-4H3,(H,29,33)(H,34,35)/t21-,25-,26+/m0/s1. The molecule has 2 amide bonds. The molecule has 0 bridgehead atoms. The van der Waals surface area contributed by atoms with Gasteiger partial charge in [0.05, 0.1) is 6.54 Å². The second kappa shape index (κ2) is 15.5. The van der Waals surface area contributed by atoms with Crippen LogP contribution in [-0.2, 0) is 20.9 Å². The summed E-state index contributed by atoms with van der Waals surface area (Å²) in [5.41, 5.74) is 1.09. The summed E-state index contributed by atoms with van der Waals surface area (Å²) in [4.78, 5) is 40.6. The van der Waals surface area contributed by atoms with Crippen LogP contribution in [0.1, 0.15) is 45.6 Å². The fourth-order valence-corrected chi connectivity index (χ4v) is 4.97. The van der Waals surface area contributed by atoms with Crippen molar-refractivity contribution < 1.29 is 19.5 Å². The molecule has 0 aliphatic heterocycles. The van der Waals surface area contributed by atoms with E-state index in [0.717, 1.165) is 35.6 Å². The predicted molar refractivity (Wildman–Crippen MR) is 148 cm³/mol. The highest BCUT2D eigenvalue weighted by Gasteiger charge is 2.27. The maximum atomic E-state index is 13.1. The molecule has 2 rings (SSSR count). The lowest BCUT2D eigenvalue weighted by atomic mass is 9.96. The molecule has 198 valence electrons. The zero-order valence-electron chi connectivity index (χ0n) is 22.0. The second-order valence-electron chi connectivity index (χ2n) is 9.34. The van der Waals surface area contributed by atoms with Gasteiger partial charge in [-0.3, -0.25) is 14.5 Å². The van der Waals surface area contributed by atoms with Crippen LogP contribution in [0.3, 0.4) is 0 Å². The summed E-state index contributed by atoms with van der Waals surface area (Å²) in [6.45, 7) is 8.04. The lowest BCUT2D eigenvalue weighted by Gasteiger charge is -2.37. The van der Waals surface area contributed by atoms with Gasteiger partial charge in [0.2, 0.25) is 12.3 Å². The molecule has 0 aromatic heterocycles. The molecular weight excluding hydrogens is 474 g/mol. The van der Waals surface area contributed by atoms with E-state index in [9.17, 15) is 19.5 Å². The summed E-state index contributed by atoms with van der Waals surface area (Å²) < 4.78 is 0. The first-order valence-electron chi connectivity index (χ1n) is 12.8. The Bertz CT molecular complexity index is 981. The Balaban J connectivity index is 2.34. The minimum absolute atomic E-state index is 0.0536. The highest BCUT2D eigenvalue weighted by atomic mass is 32.2. The van der Waals surface area contributed by atoms with Gasteiger partial charge in [0.15, 0.2) is 0 Å². The summed E-state index contributed by atoms with van der Waals surface area (Å²) in [7, 11) is 0. The van der Waals surface area contributed by atoms with Gasteiger partial charge in [0, 0.05) is 25.7 Å². The maximum absolute atomic E-state index is 13.1. The molecule has 36 heavy (non-hydrogen) atoms. The SMILES string of the molecule is CCCN(C=O)[C@H](CN(CC(=O)N[C@@H](CCSC)C(=O)O)Cc1cccc2ccccc12)[C@@H](C)CC. The van der Waals surface area contributed by atoms with Crippen LogP contribution < -0.4 is 5.32 Å². The van der Waals surface area contributed by atoms with Crippen molar-refractivity contribution >= 4 is 40.8 Å². The van der Waals surface area contributed by atoms with Crippen molar-refractivity contribution in [2.45, 2.75) is 58.7 Å². The molecule has 7 nitrogen and oxygen atoms in total. The van der Waals surface area contributed by atoms with Gasteiger partial charge in [-0.15, -0.1) is 0 Å². The second-order valence-corrected chi connectivity index (χ2v) is 10.3. The van der Waals surface area contributed by atoms with Crippen LogP contribution in [0, 0.1) is 5.92 Å². The van der Waals surface area contributed by atoms with Crippen molar-refractivity contribution in [1.29, 1.82) is 0 Å². The van der Waals surface area contributed by atoms with Crippen molar-refractivity contribution in [3.05, 3.63) is 48.0 Å². The summed E-state index contributed by atoms with van der Waals surface area (Å²) in [5, 5.41) is 14.5. The molecule has 0 heterocycles. The normalized spacial score (nSPS) is 13.8. The molecule has 0 aliphatic carbocycles. The van der Waals surface area contributed by atoms with Gasteiger partial charge in [0.25, 0.3) is 0 Å². The number of carboxylic acids is 1. The van der Waals surface area contributed by atoms with Crippen molar-refractivity contribution in [2.75, 3.05) is 31.6 Å². The van der Waals surface area contributed by atoms with E-state index >= 15 is 0 Å². The van der Waals surface area contributed by atoms with Gasteiger partial charge in [0.1, 0.15) is 6.04 Å². The van der Waals surface area contributed by atoms with Crippen LogP contribution in [0.15, 0.2) is 42.5 Å². The summed E-state index contributed by atoms with van der Waals surface area (Å²) in [5.74, 6) is -0.447. The third-order valence-electron chi connectivity index (χ3n) is 6.67. The van der Waals surface area contributed by atoms with Gasteiger partial charge in [-0.2, -0.15) is 11.8 Å². The predicted octanol–water partition coefficient (Wildman–Crippen LogP) is 4.25. The van der Waals surface area contributed by atoms with Gasteiger partial charge in [-0.1, -0.05) is 69.7 Å². The zero-order valence-corrected chi connectivity index (χ0v) is 22.8. The number of carbonyl (C=O) groups is 3. The molecule has 0 saturated carbocycles. The van der Waals surface area contributed by atoms with E-state index in [1.165, 1.54) is 0 Å². The number of amides is 2. The lowest BCUT2D eigenvalue weighted by Crippen LogP contribution is -2.51. The van der Waals surface area contributed by atoms with Crippen LogP contribution in [0.5, 0.6) is 0 Å². The number of fused-ring (bicyclic) bond motifs is 1. The number of thioether (sulfide) groups is 1. The fourth-order valence-electron chi connectivity index (χ4n) is 4.50. The van der Waals surface area contributed by atoms with Crippen molar-refractivity contribution in [2.24, 2.45) is 5.92 Å². The van der Waals surface area contributed by atoms with E-state index in [-0.39, 0.29) is 24.4 Å². The number of hydrogen-bond donors (Lipinski definition) is 2. The quantitative estimate of drug-likeness (QED) is 0.306. The minimum atomic E-state index is -1.02. The highest BCUT2D eigenvalue weighted by molar-refractivity contribution is 7.98. The third-order valence-corrected chi connectivity index (χ3v) is 7.32. The van der Waals surface area contributed by atoms with Crippen molar-refractivity contribution in [3.63, 3.8) is 0 Å². The molecular formula is C28H41N3O4S. The Morgan fingerprint density at radius 3 is 2.50 bits per heavy atom. The number of carbonyl (C=O) groups excluding carboxylic acids is 2. The molecule has 2 aromatic rings. The third kappa shape index (κ3) is 8.82. The Morgan fingerprint density at radius 1 is 1.14 bits per heavy atom. The summed E-state index contributed by atoms with van der Waals surface area (Å²) in [6, 6.07) is 13.3. The Hall–Kier alpha value is -2.58. The molecule has 0 unspecified atom stereocenters. The highest BCUT2D eigenvalue weighted by Crippen LogP contribution is 2.22. The van der Waals surface area contributed by atoms with E-state index in [4.69, 9.17) is 0 Å². The molecule has 0 spiro atoms. The summed E-state index contributed by atoms with van der Waals surface area (Å²) in [6.07, 6.45) is 4.96. The van der Waals surface area contributed by atoms with Crippen LogP contribution in [0.2, 0.25) is 0 Å². The first-order chi connectivity index (χ1) is 17.3. The number of nitrogens with one attached hydrogen (secondary N) is 1. The van der Waals surface area contributed by atoms with Gasteiger partial charge >= 0.3 is 5.97 Å². The number of hydrogen-bond acceptors (Lipinski definition) is 5. The monoisotopic (exact) mass is 515 g/mol. The van der Waals surface area contributed by atoms with Crippen molar-refractivity contribution in [1.82, 2.24) is 15.1 Å². The number of carboxylic acid groups (broad SMARTS) is 1. The average molecular weight is 516 g/mol. The van der Waals surface area contributed by atoms with Crippen molar-refractivity contribution in [3.8, 4) is 0 Å². The fraction of sp³-hybridized carbons (Fsp3) is 0.536. The van der Waals surface area contributed by atoms with Crippen LogP contribution in [0.4, 0.5) is 0 Å². The Labute approximate surface area is 219 Å². The van der Waals surface area contributed by atoms with E-state index in [1.54, 1.807) is 11.8 Å². The van der Waals surface area contributed by atoms with E-state index in [1.807, 2.05) is 41.2 Å². The molecule has 8 heteroatoms. The van der Waals surface area contributed by atoms with Crippen LogP contribution in [-0.4, -0.2) is 76.9 Å². The first-order valence-corrected chi connectivity index (χ1v) is 14.1. The van der Waals surface area contributed by atoms with Gasteiger partial charge < -0.3 is 15.3 Å². The van der Waals surface area contributed by atoms with Gasteiger partial charge in [-0.05, 0) is 47.1 Å². The van der Waals surface area contributed by atoms with E-state index < -0.39 is 12.0 Å². The van der Waals surface area contributed by atoms with Gasteiger partial charge in [-0.25, -0.2) is 4.79 Å². The molecule has 2 aromatic carbocycles. The average Bonchev–Trinajstić information content (AvgIpc) is 2.87. The zero-order chi connectivity index (χ0) is 26.5. The van der Waals surface area contributed by atoms with Crippen LogP contribution in [0.25, 0.3) is 10.8 Å². The minimum Gasteiger partial charge on any atom is -0.480 e. The molecule has 3 atom stereocenters. The molecule has 0 radical (unpaired) electrons. The largest absolute Gasteiger partial charge is 0.480 e. The number of rotatable bonds is 17. The lowest BCUT2D eigenvalue weighted by molar-refractivity contribution is -0.142. The molecule has 0 fully saturated rings. The Kier molecular flexibility index (Phi) is 12.8. The summed E-state index contributed by atoms with van der Waals surface area (Å²) >= 11 is 1.55. The number of benzene rings is 2. The van der Waals surface area contributed by atoms with Crippen LogP contribution >= 0.6 is 11.8 Å². The smallest absolute Gasteiger partial charge is 0.326 e. The Morgan fingerprint density at radius 2 is 1.86 bits per heavy atom.